The molecule has 0 atom stereocenters. The number of nitrogens with zero attached hydrogens (tertiary/aromatic N) is 3. The molecule has 114 valence electrons. The second-order valence-electron chi connectivity index (χ2n) is 4.77. The lowest BCUT2D eigenvalue weighted by Crippen LogP contribution is -2.37. The summed E-state index contributed by atoms with van der Waals surface area (Å²) in [5, 5.41) is 6.98. The van der Waals surface area contributed by atoms with Crippen LogP contribution in [0.4, 0.5) is 4.79 Å². The first-order valence-electron chi connectivity index (χ1n) is 6.92. The van der Waals surface area contributed by atoms with Crippen LogP contribution in [0, 0.1) is 6.92 Å². The molecule has 1 N–H and O–H groups in total. The molecule has 0 radical (unpaired) electrons. The molecule has 2 amide bonds. The van der Waals surface area contributed by atoms with Crippen LogP contribution < -0.4 is 5.32 Å². The molecule has 0 aliphatic carbocycles. The van der Waals surface area contributed by atoms with Crippen LogP contribution in [-0.2, 0) is 19.4 Å². The number of hydrogen-bond acceptors (Lipinski definition) is 5. The van der Waals surface area contributed by atoms with Crippen LogP contribution in [-0.4, -0.2) is 34.5 Å². The first-order valence-corrected chi connectivity index (χ1v) is 8.61. The van der Waals surface area contributed by atoms with E-state index in [9.17, 15) is 4.79 Å². The topological polar surface area (TPSA) is 58.1 Å². The lowest BCUT2D eigenvalue weighted by Gasteiger charge is -2.16. The SMILES string of the molecule is CCc1cnc(CN(C)C(=O)NCCc2csc(C)n2)s1. The summed E-state index contributed by atoms with van der Waals surface area (Å²) in [5.74, 6) is 0. The number of amides is 2. The van der Waals surface area contributed by atoms with Gasteiger partial charge in [-0.2, -0.15) is 0 Å². The zero-order chi connectivity index (χ0) is 15.2. The molecule has 0 saturated carbocycles. The molecule has 0 fully saturated rings. The van der Waals surface area contributed by atoms with Gasteiger partial charge >= 0.3 is 6.03 Å². The number of thiazole rings is 2. The van der Waals surface area contributed by atoms with Gasteiger partial charge in [0.15, 0.2) is 0 Å². The Morgan fingerprint density at radius 1 is 1.48 bits per heavy atom. The Kier molecular flexibility index (Phi) is 5.69. The van der Waals surface area contributed by atoms with Gasteiger partial charge in [0.25, 0.3) is 0 Å². The van der Waals surface area contributed by atoms with E-state index in [1.807, 2.05) is 18.5 Å². The third-order valence-electron chi connectivity index (χ3n) is 2.99. The summed E-state index contributed by atoms with van der Waals surface area (Å²) < 4.78 is 0. The molecule has 21 heavy (non-hydrogen) atoms. The minimum atomic E-state index is -0.0739. The van der Waals surface area contributed by atoms with Crippen molar-refractivity contribution >= 4 is 28.7 Å². The number of aromatic nitrogens is 2. The van der Waals surface area contributed by atoms with E-state index in [1.165, 1.54) is 4.88 Å². The number of carbonyl (C=O) groups is 1. The van der Waals surface area contributed by atoms with Gasteiger partial charge in [0.1, 0.15) is 5.01 Å². The van der Waals surface area contributed by atoms with Gasteiger partial charge in [-0.05, 0) is 13.3 Å². The number of hydrogen-bond donors (Lipinski definition) is 1. The zero-order valence-electron chi connectivity index (χ0n) is 12.5. The molecule has 2 heterocycles. The fraction of sp³-hybridized carbons (Fsp3) is 0.500. The Morgan fingerprint density at radius 3 is 2.90 bits per heavy atom. The molecule has 0 saturated heterocycles. The Balaban J connectivity index is 1.74. The van der Waals surface area contributed by atoms with Crippen molar-refractivity contribution in [3.05, 3.63) is 32.2 Å². The second-order valence-corrected chi connectivity index (χ2v) is 7.03. The number of rotatable bonds is 6. The van der Waals surface area contributed by atoms with Crippen molar-refractivity contribution in [3.63, 3.8) is 0 Å². The van der Waals surface area contributed by atoms with Crippen molar-refractivity contribution in [2.45, 2.75) is 33.2 Å². The zero-order valence-corrected chi connectivity index (χ0v) is 14.2. The van der Waals surface area contributed by atoms with Crippen molar-refractivity contribution in [1.29, 1.82) is 0 Å². The molecule has 2 rings (SSSR count). The molecule has 0 spiro atoms. The Labute approximate surface area is 133 Å². The average molecular weight is 324 g/mol. The van der Waals surface area contributed by atoms with E-state index < -0.39 is 0 Å². The Hall–Kier alpha value is -1.47. The molecule has 5 nitrogen and oxygen atoms in total. The summed E-state index contributed by atoms with van der Waals surface area (Å²) in [5.41, 5.74) is 1.04. The molecule has 2 aromatic rings. The highest BCUT2D eigenvalue weighted by Gasteiger charge is 2.11. The molecule has 0 aliphatic heterocycles. The van der Waals surface area contributed by atoms with Crippen LogP contribution in [0.15, 0.2) is 11.6 Å². The predicted octanol–water partition coefficient (Wildman–Crippen LogP) is 2.85. The van der Waals surface area contributed by atoms with Crippen LogP contribution in [0.1, 0.15) is 27.5 Å². The summed E-state index contributed by atoms with van der Waals surface area (Å²) in [7, 11) is 1.79. The van der Waals surface area contributed by atoms with Crippen molar-refractivity contribution in [2.75, 3.05) is 13.6 Å². The second kappa shape index (κ2) is 7.51. The number of aryl methyl sites for hydroxylation is 2. The quantitative estimate of drug-likeness (QED) is 0.889. The van der Waals surface area contributed by atoms with Crippen molar-refractivity contribution in [3.8, 4) is 0 Å². The van der Waals surface area contributed by atoms with Crippen molar-refractivity contribution in [1.82, 2.24) is 20.2 Å². The van der Waals surface area contributed by atoms with E-state index in [4.69, 9.17) is 0 Å². The lowest BCUT2D eigenvalue weighted by atomic mass is 10.3. The molecule has 0 bridgehead atoms. The van der Waals surface area contributed by atoms with Crippen molar-refractivity contribution in [2.24, 2.45) is 0 Å². The highest BCUT2D eigenvalue weighted by molar-refractivity contribution is 7.11. The lowest BCUT2D eigenvalue weighted by molar-refractivity contribution is 0.207. The van der Waals surface area contributed by atoms with Crippen LogP contribution in [0.3, 0.4) is 0 Å². The van der Waals surface area contributed by atoms with Gasteiger partial charge in [-0.25, -0.2) is 14.8 Å². The van der Waals surface area contributed by atoms with E-state index in [2.05, 4.69) is 22.2 Å². The van der Waals surface area contributed by atoms with Gasteiger partial charge in [-0.3, -0.25) is 0 Å². The first-order chi connectivity index (χ1) is 10.1. The fourth-order valence-electron chi connectivity index (χ4n) is 1.81. The van der Waals surface area contributed by atoms with Gasteiger partial charge in [0, 0.05) is 36.5 Å². The van der Waals surface area contributed by atoms with Gasteiger partial charge < -0.3 is 10.2 Å². The fourth-order valence-corrected chi connectivity index (χ4v) is 3.38. The summed E-state index contributed by atoms with van der Waals surface area (Å²) in [6.45, 7) is 5.24. The Morgan fingerprint density at radius 2 is 2.29 bits per heavy atom. The van der Waals surface area contributed by atoms with Gasteiger partial charge in [-0.1, -0.05) is 6.92 Å². The summed E-state index contributed by atoms with van der Waals surface area (Å²) in [4.78, 5) is 23.6. The standard InChI is InChI=1S/C14H20N4OS2/c1-4-12-7-16-13(21-12)8-18(3)14(19)15-6-5-11-9-20-10(2)17-11/h7,9H,4-6,8H2,1-3H3,(H,15,19). The smallest absolute Gasteiger partial charge is 0.317 e. The maximum atomic E-state index is 12.0. The van der Waals surface area contributed by atoms with E-state index >= 15 is 0 Å². The number of carbonyl (C=O) groups excluding carboxylic acids is 1. The molecule has 0 unspecified atom stereocenters. The minimum Gasteiger partial charge on any atom is -0.338 e. The predicted molar refractivity (Wildman–Crippen MR) is 86.9 cm³/mol. The number of nitrogens with one attached hydrogen (secondary N) is 1. The average Bonchev–Trinajstić information content (AvgIpc) is 3.07. The monoisotopic (exact) mass is 324 g/mol. The van der Waals surface area contributed by atoms with Crippen LogP contribution in [0.25, 0.3) is 0 Å². The molecular weight excluding hydrogens is 304 g/mol. The van der Waals surface area contributed by atoms with Gasteiger partial charge in [0.2, 0.25) is 0 Å². The highest BCUT2D eigenvalue weighted by atomic mass is 32.1. The van der Waals surface area contributed by atoms with E-state index in [1.54, 1.807) is 34.6 Å². The molecular formula is C14H20N4OS2. The summed E-state index contributed by atoms with van der Waals surface area (Å²) >= 11 is 3.30. The maximum Gasteiger partial charge on any atom is 0.317 e. The van der Waals surface area contributed by atoms with E-state index in [0.717, 1.165) is 28.6 Å². The molecule has 0 aliphatic rings. The van der Waals surface area contributed by atoms with E-state index in [-0.39, 0.29) is 6.03 Å². The van der Waals surface area contributed by atoms with E-state index in [0.29, 0.717) is 13.1 Å². The van der Waals surface area contributed by atoms with Crippen LogP contribution in [0.2, 0.25) is 0 Å². The molecule has 2 aromatic heterocycles. The van der Waals surface area contributed by atoms with Gasteiger partial charge in [0.05, 0.1) is 17.2 Å². The summed E-state index contributed by atoms with van der Waals surface area (Å²) in [6, 6.07) is -0.0739. The third kappa shape index (κ3) is 4.78. The van der Waals surface area contributed by atoms with Gasteiger partial charge in [-0.15, -0.1) is 22.7 Å². The van der Waals surface area contributed by atoms with Crippen LogP contribution >= 0.6 is 22.7 Å². The minimum absolute atomic E-state index is 0.0739. The molecule has 0 aromatic carbocycles. The first kappa shape index (κ1) is 15.9. The third-order valence-corrected chi connectivity index (χ3v) is 4.94. The van der Waals surface area contributed by atoms with Crippen molar-refractivity contribution < 1.29 is 4.79 Å². The number of urea groups is 1. The normalized spacial score (nSPS) is 10.6. The maximum absolute atomic E-state index is 12.0. The molecule has 7 heteroatoms. The largest absolute Gasteiger partial charge is 0.338 e. The Bertz CT molecular complexity index is 593. The summed E-state index contributed by atoms with van der Waals surface area (Å²) in [6.07, 6.45) is 3.64. The highest BCUT2D eigenvalue weighted by Crippen LogP contribution is 2.14. The van der Waals surface area contributed by atoms with Crippen LogP contribution in [0.5, 0.6) is 0 Å².